The number of nitrogens with zero attached hydrogens (tertiary/aromatic N) is 1. The third-order valence-corrected chi connectivity index (χ3v) is 1.95. The Bertz CT molecular complexity index is 382. The fourth-order valence-corrected chi connectivity index (χ4v) is 1.31. The van der Waals surface area contributed by atoms with Crippen LogP contribution in [0, 0.1) is 12.7 Å². The van der Waals surface area contributed by atoms with Gasteiger partial charge in [-0.05, 0) is 23.9 Å². The lowest BCUT2D eigenvalue weighted by atomic mass is 10.1. The first kappa shape index (κ1) is 10.6. The molecule has 0 aliphatic carbocycles. The van der Waals surface area contributed by atoms with Gasteiger partial charge in [0.1, 0.15) is 5.82 Å². The van der Waals surface area contributed by atoms with Crippen LogP contribution in [0.2, 0.25) is 0 Å². The number of hydrogen-bond donors (Lipinski definition) is 0. The van der Waals surface area contributed by atoms with E-state index in [1.807, 2.05) is 26.8 Å². The van der Waals surface area contributed by atoms with Gasteiger partial charge in [0.2, 0.25) is 0 Å². The molecular formula is C12H14FN. The van der Waals surface area contributed by atoms with Gasteiger partial charge >= 0.3 is 0 Å². The van der Waals surface area contributed by atoms with Crippen molar-refractivity contribution in [3.8, 4) is 0 Å². The summed E-state index contributed by atoms with van der Waals surface area (Å²) in [5, 5.41) is 1.53. The first-order valence-electron chi connectivity index (χ1n) is 4.78. The fraction of sp³-hybridized carbons (Fsp3) is 0.250. The molecular weight excluding hydrogens is 177 g/mol. The molecule has 1 aromatic carbocycles. The summed E-state index contributed by atoms with van der Waals surface area (Å²) in [6.45, 7) is 5.93. The number of benzene rings is 1. The van der Waals surface area contributed by atoms with E-state index in [-0.39, 0.29) is 5.82 Å². The average Bonchev–Trinajstić information content (AvgIpc) is 2.23. The predicted octanol–water partition coefficient (Wildman–Crippen LogP) is 3.71. The van der Waals surface area contributed by atoms with Crippen molar-refractivity contribution >= 4 is 10.8 Å². The van der Waals surface area contributed by atoms with E-state index >= 15 is 0 Å². The van der Waals surface area contributed by atoms with Gasteiger partial charge in [0.05, 0.1) is 0 Å². The lowest BCUT2D eigenvalue weighted by Gasteiger charge is -2.00. The fourth-order valence-electron chi connectivity index (χ4n) is 1.31. The number of aromatic nitrogens is 1. The molecule has 2 heteroatoms. The van der Waals surface area contributed by atoms with Gasteiger partial charge in [-0.25, -0.2) is 4.39 Å². The van der Waals surface area contributed by atoms with Gasteiger partial charge in [0, 0.05) is 17.8 Å². The quantitative estimate of drug-likeness (QED) is 0.618. The molecule has 0 radical (unpaired) electrons. The lowest BCUT2D eigenvalue weighted by molar-refractivity contribution is 0.639. The molecule has 0 unspecified atom stereocenters. The molecule has 74 valence electrons. The van der Waals surface area contributed by atoms with Crippen molar-refractivity contribution in [3.63, 3.8) is 0 Å². The second-order valence-corrected chi connectivity index (χ2v) is 2.79. The van der Waals surface area contributed by atoms with Crippen molar-refractivity contribution < 1.29 is 4.39 Å². The van der Waals surface area contributed by atoms with Crippen LogP contribution in [0.1, 0.15) is 19.4 Å². The largest absolute Gasteiger partial charge is 0.264 e. The summed E-state index contributed by atoms with van der Waals surface area (Å²) in [5.41, 5.74) is 1.01. The van der Waals surface area contributed by atoms with Crippen LogP contribution in [-0.4, -0.2) is 4.98 Å². The maximum absolute atomic E-state index is 13.1. The zero-order chi connectivity index (χ0) is 10.6. The Balaban J connectivity index is 0.000000461. The average molecular weight is 191 g/mol. The summed E-state index contributed by atoms with van der Waals surface area (Å²) >= 11 is 0. The van der Waals surface area contributed by atoms with Crippen LogP contribution < -0.4 is 0 Å². The van der Waals surface area contributed by atoms with Gasteiger partial charge in [-0.2, -0.15) is 0 Å². The van der Waals surface area contributed by atoms with Crippen LogP contribution >= 0.6 is 0 Å². The van der Waals surface area contributed by atoms with Crippen LogP contribution in [0.25, 0.3) is 10.8 Å². The zero-order valence-electron chi connectivity index (χ0n) is 8.71. The monoisotopic (exact) mass is 191 g/mol. The van der Waals surface area contributed by atoms with E-state index < -0.39 is 0 Å². The molecule has 1 aromatic heterocycles. The van der Waals surface area contributed by atoms with E-state index in [0.717, 1.165) is 10.9 Å². The van der Waals surface area contributed by atoms with Crippen molar-refractivity contribution in [2.75, 3.05) is 0 Å². The van der Waals surface area contributed by atoms with Gasteiger partial charge in [-0.3, -0.25) is 4.98 Å². The van der Waals surface area contributed by atoms with E-state index in [9.17, 15) is 4.39 Å². The minimum atomic E-state index is -0.205. The molecule has 14 heavy (non-hydrogen) atoms. The molecule has 2 rings (SSSR count). The van der Waals surface area contributed by atoms with Crippen molar-refractivity contribution in [1.29, 1.82) is 0 Å². The summed E-state index contributed by atoms with van der Waals surface area (Å²) in [7, 11) is 0. The van der Waals surface area contributed by atoms with Crippen LogP contribution in [0.5, 0.6) is 0 Å². The highest BCUT2D eigenvalue weighted by atomic mass is 19.1. The van der Waals surface area contributed by atoms with Gasteiger partial charge in [-0.1, -0.05) is 26.0 Å². The van der Waals surface area contributed by atoms with Crippen LogP contribution in [0.15, 0.2) is 30.6 Å². The Morgan fingerprint density at radius 1 is 1.07 bits per heavy atom. The minimum absolute atomic E-state index is 0.205. The summed E-state index contributed by atoms with van der Waals surface area (Å²) in [6, 6.07) is 5.06. The van der Waals surface area contributed by atoms with Crippen LogP contribution in [-0.2, 0) is 0 Å². The predicted molar refractivity (Wildman–Crippen MR) is 57.8 cm³/mol. The summed E-state index contributed by atoms with van der Waals surface area (Å²) in [5.74, 6) is -0.205. The number of fused-ring (bicyclic) bond motifs is 1. The molecule has 0 N–H and O–H groups in total. The topological polar surface area (TPSA) is 12.9 Å². The highest BCUT2D eigenvalue weighted by molar-refractivity contribution is 5.84. The van der Waals surface area contributed by atoms with Crippen molar-refractivity contribution in [1.82, 2.24) is 4.98 Å². The van der Waals surface area contributed by atoms with E-state index in [1.165, 1.54) is 6.07 Å². The van der Waals surface area contributed by atoms with Crippen molar-refractivity contribution in [2.45, 2.75) is 20.8 Å². The molecule has 0 fully saturated rings. The molecule has 0 aliphatic heterocycles. The first-order valence-corrected chi connectivity index (χ1v) is 4.78. The maximum Gasteiger partial charge on any atom is 0.132 e. The van der Waals surface area contributed by atoms with Crippen LogP contribution in [0.3, 0.4) is 0 Å². The molecule has 0 bridgehead atoms. The normalized spacial score (nSPS) is 9.43. The van der Waals surface area contributed by atoms with E-state index in [4.69, 9.17) is 0 Å². The lowest BCUT2D eigenvalue weighted by Crippen LogP contribution is -1.84. The number of rotatable bonds is 0. The number of hydrogen-bond acceptors (Lipinski definition) is 1. The Hall–Kier alpha value is -1.44. The Morgan fingerprint density at radius 3 is 2.43 bits per heavy atom. The Labute approximate surface area is 83.6 Å². The molecule has 0 saturated carbocycles. The molecule has 1 nitrogen and oxygen atoms in total. The smallest absolute Gasteiger partial charge is 0.132 e. The highest BCUT2D eigenvalue weighted by Gasteiger charge is 2.00. The highest BCUT2D eigenvalue weighted by Crippen LogP contribution is 2.18. The molecule has 0 atom stereocenters. The number of pyridine rings is 1. The molecule has 0 saturated heterocycles. The van der Waals surface area contributed by atoms with Crippen molar-refractivity contribution in [2.24, 2.45) is 0 Å². The van der Waals surface area contributed by atoms with E-state index in [1.54, 1.807) is 18.5 Å². The summed E-state index contributed by atoms with van der Waals surface area (Å²) < 4.78 is 13.1. The second kappa shape index (κ2) is 4.70. The minimum Gasteiger partial charge on any atom is -0.264 e. The van der Waals surface area contributed by atoms with E-state index in [2.05, 4.69) is 4.98 Å². The molecule has 1 heterocycles. The summed E-state index contributed by atoms with van der Waals surface area (Å²) in [4.78, 5) is 3.93. The maximum atomic E-state index is 13.1. The summed E-state index contributed by atoms with van der Waals surface area (Å²) in [6.07, 6.45) is 3.29. The van der Waals surface area contributed by atoms with Gasteiger partial charge in [0.15, 0.2) is 0 Å². The number of halogens is 1. The standard InChI is InChI=1S/C10H8FN.C2H6/c1-7-5-12-6-9-8(7)3-2-4-10(9)11;1-2/h2-6H,1H3;1-2H3. The van der Waals surface area contributed by atoms with Gasteiger partial charge in [0.25, 0.3) is 0 Å². The molecule has 0 spiro atoms. The molecule has 2 aromatic rings. The second-order valence-electron chi connectivity index (χ2n) is 2.79. The van der Waals surface area contributed by atoms with Gasteiger partial charge < -0.3 is 0 Å². The van der Waals surface area contributed by atoms with Crippen LogP contribution in [0.4, 0.5) is 4.39 Å². The Morgan fingerprint density at radius 2 is 1.79 bits per heavy atom. The van der Waals surface area contributed by atoms with Crippen molar-refractivity contribution in [3.05, 3.63) is 42.0 Å². The first-order chi connectivity index (χ1) is 6.79. The SMILES string of the molecule is CC.Cc1cncc2c(F)cccc12. The zero-order valence-corrected chi connectivity index (χ0v) is 8.71. The third kappa shape index (κ3) is 1.90. The Kier molecular flexibility index (Phi) is 3.57. The van der Waals surface area contributed by atoms with E-state index in [0.29, 0.717) is 5.39 Å². The van der Waals surface area contributed by atoms with Gasteiger partial charge in [-0.15, -0.1) is 0 Å². The molecule has 0 aliphatic rings. The molecule has 0 amide bonds. The third-order valence-electron chi connectivity index (χ3n) is 1.95. The number of aryl methyl sites for hydroxylation is 1.